The molecule has 2 aromatic heterocycles. The van der Waals surface area contributed by atoms with Gasteiger partial charge in [-0.25, -0.2) is 4.98 Å². The fraction of sp³-hybridized carbons (Fsp3) is 0.400. The van der Waals surface area contributed by atoms with E-state index in [1.807, 2.05) is 0 Å². The van der Waals surface area contributed by atoms with Crippen molar-refractivity contribution in [1.29, 1.82) is 0 Å². The van der Waals surface area contributed by atoms with Gasteiger partial charge in [0.05, 0.1) is 6.26 Å². The third-order valence-corrected chi connectivity index (χ3v) is 2.84. The third kappa shape index (κ3) is 2.31. The van der Waals surface area contributed by atoms with Crippen molar-refractivity contribution in [1.82, 2.24) is 15.3 Å². The molecule has 1 saturated heterocycles. The number of hydrogen-bond donors (Lipinski definition) is 1. The predicted molar refractivity (Wildman–Crippen MR) is 69.1 cm³/mol. The summed E-state index contributed by atoms with van der Waals surface area (Å²) in [7, 11) is 0. The van der Waals surface area contributed by atoms with Crippen LogP contribution in [0.2, 0.25) is 5.28 Å². The second-order valence-electron chi connectivity index (χ2n) is 3.69. The monoisotopic (exact) mass is 274 g/mol. The number of fused-ring (bicyclic) bond motifs is 1. The van der Waals surface area contributed by atoms with E-state index in [1.165, 1.54) is 0 Å². The molecule has 2 aromatic rings. The molecule has 0 unspecified atom stereocenters. The molecule has 5 nitrogen and oxygen atoms in total. The van der Waals surface area contributed by atoms with Crippen molar-refractivity contribution in [3.8, 4) is 0 Å². The van der Waals surface area contributed by atoms with Crippen LogP contribution in [-0.4, -0.2) is 36.1 Å². The van der Waals surface area contributed by atoms with E-state index in [4.69, 9.17) is 16.0 Å². The Morgan fingerprint density at radius 3 is 2.82 bits per heavy atom. The number of hydrogen-bond acceptors (Lipinski definition) is 5. The van der Waals surface area contributed by atoms with Crippen LogP contribution in [-0.2, 0) is 0 Å². The number of halogens is 2. The zero-order valence-electron chi connectivity index (χ0n) is 9.02. The average molecular weight is 275 g/mol. The molecular weight excluding hydrogens is 263 g/mol. The molecule has 0 spiro atoms. The average Bonchev–Trinajstić information content (AvgIpc) is 2.77. The summed E-state index contributed by atoms with van der Waals surface area (Å²) in [6.07, 6.45) is 1.61. The van der Waals surface area contributed by atoms with Crippen molar-refractivity contribution in [2.24, 2.45) is 0 Å². The SMILES string of the molecule is Cl.Clc1nc(N2CCNCC2)c2occc2n1. The summed E-state index contributed by atoms with van der Waals surface area (Å²) in [5.41, 5.74) is 1.47. The van der Waals surface area contributed by atoms with Gasteiger partial charge in [-0.3, -0.25) is 0 Å². The smallest absolute Gasteiger partial charge is 0.225 e. The summed E-state index contributed by atoms with van der Waals surface area (Å²) in [6, 6.07) is 1.80. The minimum absolute atomic E-state index is 0. The van der Waals surface area contributed by atoms with E-state index in [2.05, 4.69) is 20.2 Å². The van der Waals surface area contributed by atoms with Gasteiger partial charge >= 0.3 is 0 Å². The largest absolute Gasteiger partial charge is 0.459 e. The van der Waals surface area contributed by atoms with E-state index in [0.717, 1.165) is 37.5 Å². The van der Waals surface area contributed by atoms with Crippen molar-refractivity contribution in [3.63, 3.8) is 0 Å². The van der Waals surface area contributed by atoms with Crippen molar-refractivity contribution >= 4 is 40.9 Å². The van der Waals surface area contributed by atoms with Crippen LogP contribution < -0.4 is 10.2 Å². The highest BCUT2D eigenvalue weighted by Gasteiger charge is 2.18. The van der Waals surface area contributed by atoms with Crippen LogP contribution in [0.15, 0.2) is 16.7 Å². The molecule has 0 bridgehead atoms. The summed E-state index contributed by atoms with van der Waals surface area (Å²) in [5.74, 6) is 0.793. The Morgan fingerprint density at radius 1 is 1.29 bits per heavy atom. The van der Waals surface area contributed by atoms with Gasteiger partial charge in [0.25, 0.3) is 0 Å². The van der Waals surface area contributed by atoms with Crippen LogP contribution in [0.5, 0.6) is 0 Å². The minimum Gasteiger partial charge on any atom is -0.459 e. The van der Waals surface area contributed by atoms with Gasteiger partial charge < -0.3 is 14.6 Å². The molecular formula is C10H12Cl2N4O. The lowest BCUT2D eigenvalue weighted by atomic mass is 10.3. The molecule has 0 aliphatic carbocycles. The van der Waals surface area contributed by atoms with Crippen molar-refractivity contribution in [2.75, 3.05) is 31.1 Å². The lowest BCUT2D eigenvalue weighted by Crippen LogP contribution is -2.44. The van der Waals surface area contributed by atoms with Gasteiger partial charge in [-0.15, -0.1) is 12.4 Å². The van der Waals surface area contributed by atoms with Crippen molar-refractivity contribution in [3.05, 3.63) is 17.6 Å². The fourth-order valence-corrected chi connectivity index (χ4v) is 2.08. The second kappa shape index (κ2) is 5.08. The third-order valence-electron chi connectivity index (χ3n) is 2.67. The summed E-state index contributed by atoms with van der Waals surface area (Å²) < 4.78 is 5.41. The maximum Gasteiger partial charge on any atom is 0.225 e. The number of rotatable bonds is 1. The number of nitrogens with zero attached hydrogens (tertiary/aromatic N) is 3. The van der Waals surface area contributed by atoms with Crippen molar-refractivity contribution < 1.29 is 4.42 Å². The van der Waals surface area contributed by atoms with E-state index in [9.17, 15) is 0 Å². The molecule has 7 heteroatoms. The number of aromatic nitrogens is 2. The molecule has 0 saturated carbocycles. The quantitative estimate of drug-likeness (QED) is 0.803. The fourth-order valence-electron chi connectivity index (χ4n) is 1.91. The topological polar surface area (TPSA) is 54.2 Å². The molecule has 3 rings (SSSR count). The maximum absolute atomic E-state index is 5.89. The van der Waals surface area contributed by atoms with Crippen LogP contribution in [0.1, 0.15) is 0 Å². The Morgan fingerprint density at radius 2 is 2.06 bits per heavy atom. The Bertz CT molecular complexity index is 510. The standard InChI is InChI=1S/C10H11ClN4O.ClH/c11-10-13-7-1-6-16-8(7)9(14-10)15-4-2-12-3-5-15;/h1,6,12H,2-5H2;1H. The summed E-state index contributed by atoms with van der Waals surface area (Å²) in [6.45, 7) is 3.71. The highest BCUT2D eigenvalue weighted by Crippen LogP contribution is 2.26. The normalized spacial score (nSPS) is 15.9. The number of nitrogens with one attached hydrogen (secondary N) is 1. The van der Waals surface area contributed by atoms with E-state index in [-0.39, 0.29) is 17.7 Å². The summed E-state index contributed by atoms with van der Waals surface area (Å²) in [5, 5.41) is 3.56. The highest BCUT2D eigenvalue weighted by molar-refractivity contribution is 6.28. The summed E-state index contributed by atoms with van der Waals surface area (Å²) in [4.78, 5) is 10.5. The van der Waals surface area contributed by atoms with E-state index >= 15 is 0 Å². The van der Waals surface area contributed by atoms with E-state index in [0.29, 0.717) is 5.58 Å². The first-order valence-electron chi connectivity index (χ1n) is 5.21. The van der Waals surface area contributed by atoms with Gasteiger partial charge in [0.15, 0.2) is 11.4 Å². The minimum atomic E-state index is 0. The number of furan rings is 1. The van der Waals surface area contributed by atoms with E-state index in [1.54, 1.807) is 12.3 Å². The van der Waals surface area contributed by atoms with Crippen LogP contribution in [0, 0.1) is 0 Å². The number of anilines is 1. The van der Waals surface area contributed by atoms with E-state index < -0.39 is 0 Å². The lowest BCUT2D eigenvalue weighted by Gasteiger charge is -2.28. The zero-order chi connectivity index (χ0) is 11.0. The molecule has 1 aliphatic rings. The molecule has 1 N–H and O–H groups in total. The Kier molecular flexibility index (Phi) is 3.71. The molecule has 3 heterocycles. The molecule has 1 fully saturated rings. The Labute approximate surface area is 110 Å². The van der Waals surface area contributed by atoms with Gasteiger partial charge in [0, 0.05) is 32.2 Å². The first kappa shape index (κ1) is 12.4. The van der Waals surface area contributed by atoms with Crippen LogP contribution in [0.25, 0.3) is 11.1 Å². The first-order valence-corrected chi connectivity index (χ1v) is 5.59. The van der Waals surface area contributed by atoms with Crippen LogP contribution >= 0.6 is 24.0 Å². The molecule has 0 aromatic carbocycles. The van der Waals surface area contributed by atoms with Gasteiger partial charge in [0.1, 0.15) is 5.52 Å². The Balaban J connectivity index is 0.00000108. The van der Waals surface area contributed by atoms with Gasteiger partial charge in [-0.05, 0) is 11.6 Å². The molecule has 17 heavy (non-hydrogen) atoms. The zero-order valence-corrected chi connectivity index (χ0v) is 10.6. The lowest BCUT2D eigenvalue weighted by molar-refractivity contribution is 0.573. The first-order chi connectivity index (χ1) is 7.84. The highest BCUT2D eigenvalue weighted by atomic mass is 35.5. The predicted octanol–water partition coefficient (Wildman–Crippen LogP) is 1.71. The van der Waals surface area contributed by atoms with Crippen molar-refractivity contribution in [2.45, 2.75) is 0 Å². The Hall–Kier alpha value is -1.04. The molecule has 1 aliphatic heterocycles. The molecule has 0 amide bonds. The maximum atomic E-state index is 5.89. The number of piperazine rings is 1. The van der Waals surface area contributed by atoms with Gasteiger partial charge in [-0.1, -0.05) is 0 Å². The van der Waals surface area contributed by atoms with Gasteiger partial charge in [-0.2, -0.15) is 4.98 Å². The van der Waals surface area contributed by atoms with Crippen LogP contribution in [0.3, 0.4) is 0 Å². The molecule has 0 atom stereocenters. The molecule has 92 valence electrons. The second-order valence-corrected chi connectivity index (χ2v) is 4.03. The summed E-state index contributed by atoms with van der Waals surface area (Å²) >= 11 is 5.89. The van der Waals surface area contributed by atoms with Gasteiger partial charge in [0.2, 0.25) is 5.28 Å². The van der Waals surface area contributed by atoms with Crippen LogP contribution in [0.4, 0.5) is 5.82 Å². The molecule has 0 radical (unpaired) electrons.